The fraction of sp³-hybridized carbons (Fsp3) is 0.333. The summed E-state index contributed by atoms with van der Waals surface area (Å²) in [5.41, 5.74) is 5.17. The van der Waals surface area contributed by atoms with Crippen LogP contribution >= 0.6 is 0 Å². The molecular weight excluding hydrogens is 590 g/mol. The molecular formula is C33H37N5O6Si. The van der Waals surface area contributed by atoms with Gasteiger partial charge in [0.05, 0.1) is 11.5 Å². The molecule has 4 N–H and O–H groups in total. The van der Waals surface area contributed by atoms with Crippen LogP contribution in [0.5, 0.6) is 0 Å². The number of aliphatic hydroxyl groups is 1. The lowest BCUT2D eigenvalue weighted by molar-refractivity contribution is -0.164. The standard InChI is InChI=1S/C33H37N5O6Si/c1-19(39)42-28-26(27(32(2,3)4)44-45(20-12-8-6-9-13-20)21-14-10-7-11-15-21)43-31(33(28,5)41)38-17-22-23(34)16-24(40)37-29-25(22)30(38)36-18-35-29/h6-18,26-28,31,41,45H,34H2,1-5H3,(H,35,36,37,40). The smallest absolute Gasteiger partial charge is 0.303 e. The molecule has 45 heavy (non-hydrogen) atoms. The molecule has 1 fully saturated rings. The molecule has 0 saturated carbocycles. The number of nitrogens with zero attached hydrogens (tertiary/aromatic N) is 3. The van der Waals surface area contributed by atoms with Crippen molar-refractivity contribution in [3.63, 3.8) is 0 Å². The predicted octanol–water partition coefficient (Wildman–Crippen LogP) is 2.23. The van der Waals surface area contributed by atoms with Crippen LogP contribution in [0, 0.1) is 5.41 Å². The average Bonchev–Trinajstić information content (AvgIpc) is 3.44. The van der Waals surface area contributed by atoms with Crippen LogP contribution in [0.3, 0.4) is 0 Å². The van der Waals surface area contributed by atoms with Gasteiger partial charge >= 0.3 is 5.97 Å². The molecule has 5 unspecified atom stereocenters. The van der Waals surface area contributed by atoms with Gasteiger partial charge in [0.25, 0.3) is 5.91 Å². The van der Waals surface area contributed by atoms with Crippen LogP contribution in [-0.2, 0) is 23.5 Å². The Labute approximate surface area is 262 Å². The Balaban J connectivity index is 1.47. The van der Waals surface area contributed by atoms with E-state index in [0.29, 0.717) is 16.6 Å². The molecule has 11 nitrogen and oxygen atoms in total. The third-order valence-electron chi connectivity index (χ3n) is 8.29. The number of ether oxygens (including phenoxy) is 2. The summed E-state index contributed by atoms with van der Waals surface area (Å²) in [5, 5.41) is 17.6. The highest BCUT2D eigenvalue weighted by molar-refractivity contribution is 6.80. The number of hydrogen-bond donors (Lipinski definition) is 3. The molecule has 6 rings (SSSR count). The fourth-order valence-corrected chi connectivity index (χ4v) is 8.95. The lowest BCUT2D eigenvalue weighted by Crippen LogP contribution is -2.57. The van der Waals surface area contributed by atoms with Gasteiger partial charge in [-0.15, -0.1) is 0 Å². The lowest BCUT2D eigenvalue weighted by atomic mass is 9.82. The molecule has 2 aliphatic heterocycles. The van der Waals surface area contributed by atoms with Gasteiger partial charge in [-0.25, -0.2) is 9.97 Å². The van der Waals surface area contributed by atoms with Crippen molar-refractivity contribution >= 4 is 53.8 Å². The second kappa shape index (κ2) is 11.5. The van der Waals surface area contributed by atoms with Crippen LogP contribution in [0.2, 0.25) is 0 Å². The van der Waals surface area contributed by atoms with Crippen LogP contribution in [-0.4, -0.2) is 64.5 Å². The zero-order valence-corrected chi connectivity index (χ0v) is 27.0. The average molecular weight is 628 g/mol. The zero-order chi connectivity index (χ0) is 32.1. The van der Waals surface area contributed by atoms with Crippen molar-refractivity contribution in [2.75, 3.05) is 5.32 Å². The van der Waals surface area contributed by atoms with Gasteiger partial charge in [0, 0.05) is 30.5 Å². The van der Waals surface area contributed by atoms with Gasteiger partial charge in [0.15, 0.2) is 12.3 Å². The van der Waals surface area contributed by atoms with Gasteiger partial charge < -0.3 is 34.6 Å². The van der Waals surface area contributed by atoms with Crippen molar-refractivity contribution in [3.05, 3.63) is 84.8 Å². The van der Waals surface area contributed by atoms with Gasteiger partial charge in [0.1, 0.15) is 29.5 Å². The summed E-state index contributed by atoms with van der Waals surface area (Å²) < 4.78 is 21.5. The van der Waals surface area contributed by atoms with Crippen LogP contribution in [0.15, 0.2) is 79.3 Å². The second-order valence-corrected chi connectivity index (χ2v) is 15.2. The number of anilines is 1. The highest BCUT2D eigenvalue weighted by Gasteiger charge is 2.60. The van der Waals surface area contributed by atoms with Crippen molar-refractivity contribution in [2.24, 2.45) is 11.1 Å². The first-order valence-electron chi connectivity index (χ1n) is 14.8. The molecule has 0 bridgehead atoms. The number of amides is 1. The van der Waals surface area contributed by atoms with Crippen LogP contribution in [0.4, 0.5) is 5.82 Å². The minimum absolute atomic E-state index is 0.214. The molecule has 1 amide bonds. The van der Waals surface area contributed by atoms with Crippen LogP contribution < -0.4 is 21.4 Å². The minimum atomic E-state index is -2.32. The summed E-state index contributed by atoms with van der Waals surface area (Å²) in [5.74, 6) is -0.680. The highest BCUT2D eigenvalue weighted by Crippen LogP contribution is 2.47. The van der Waals surface area contributed by atoms with E-state index in [4.69, 9.17) is 19.6 Å². The van der Waals surface area contributed by atoms with E-state index in [9.17, 15) is 14.7 Å². The van der Waals surface area contributed by atoms with E-state index in [1.807, 2.05) is 57.2 Å². The highest BCUT2D eigenvalue weighted by atomic mass is 28.3. The van der Waals surface area contributed by atoms with E-state index < -0.39 is 56.5 Å². The lowest BCUT2D eigenvalue weighted by Gasteiger charge is -2.40. The number of carbonyl (C=O) groups excluding carboxylic acids is 2. The van der Waals surface area contributed by atoms with E-state index >= 15 is 0 Å². The maximum atomic E-state index is 12.5. The molecule has 5 atom stereocenters. The summed E-state index contributed by atoms with van der Waals surface area (Å²) in [6, 6.07) is 20.2. The third kappa shape index (κ3) is 5.66. The molecule has 234 valence electrons. The Bertz CT molecular complexity index is 1730. The number of aromatic nitrogens is 3. The Morgan fingerprint density at radius 3 is 2.31 bits per heavy atom. The number of nitrogens with one attached hydrogen (secondary N) is 1. The van der Waals surface area contributed by atoms with Gasteiger partial charge in [-0.3, -0.25) is 9.59 Å². The van der Waals surface area contributed by atoms with Crippen molar-refractivity contribution in [2.45, 2.75) is 64.8 Å². The van der Waals surface area contributed by atoms with E-state index in [1.165, 1.54) is 19.3 Å². The molecule has 4 aromatic rings. The van der Waals surface area contributed by atoms with E-state index in [2.05, 4.69) is 39.6 Å². The number of carbonyl (C=O) groups is 2. The number of esters is 1. The molecule has 0 spiro atoms. The maximum absolute atomic E-state index is 12.5. The summed E-state index contributed by atoms with van der Waals surface area (Å²) in [7, 11) is -2.32. The van der Waals surface area contributed by atoms with Gasteiger partial charge in [-0.05, 0) is 22.7 Å². The molecule has 4 heterocycles. The van der Waals surface area contributed by atoms with Crippen molar-refractivity contribution in [1.82, 2.24) is 14.5 Å². The Hall–Kier alpha value is -4.36. The molecule has 2 aromatic heterocycles. The van der Waals surface area contributed by atoms with Crippen molar-refractivity contribution < 1.29 is 28.6 Å². The Kier molecular flexibility index (Phi) is 7.85. The first kappa shape index (κ1) is 30.7. The second-order valence-electron chi connectivity index (χ2n) is 12.8. The normalized spacial score (nSPS) is 23.8. The molecule has 12 heteroatoms. The van der Waals surface area contributed by atoms with E-state index in [1.54, 1.807) is 17.7 Å². The molecule has 2 aliphatic rings. The third-order valence-corrected chi connectivity index (χ3v) is 10.8. The molecule has 0 aliphatic carbocycles. The van der Waals surface area contributed by atoms with E-state index in [0.717, 1.165) is 10.4 Å². The quantitative estimate of drug-likeness (QED) is 0.207. The zero-order valence-electron chi connectivity index (χ0n) is 25.8. The van der Waals surface area contributed by atoms with Crippen molar-refractivity contribution in [3.8, 4) is 0 Å². The van der Waals surface area contributed by atoms with Crippen LogP contribution in [0.1, 0.15) is 46.4 Å². The van der Waals surface area contributed by atoms with E-state index in [-0.39, 0.29) is 11.5 Å². The van der Waals surface area contributed by atoms with Gasteiger partial charge in [0.2, 0.25) is 9.04 Å². The monoisotopic (exact) mass is 627 g/mol. The molecule has 2 aromatic carbocycles. The first-order chi connectivity index (χ1) is 21.4. The largest absolute Gasteiger partial charge is 0.456 e. The number of benzene rings is 2. The molecule has 0 radical (unpaired) electrons. The number of rotatable bonds is 7. The van der Waals surface area contributed by atoms with Crippen LogP contribution in [0.25, 0.3) is 16.7 Å². The molecule has 1 saturated heterocycles. The van der Waals surface area contributed by atoms with Gasteiger partial charge in [-0.1, -0.05) is 81.4 Å². The maximum Gasteiger partial charge on any atom is 0.303 e. The van der Waals surface area contributed by atoms with Gasteiger partial charge in [-0.2, -0.15) is 0 Å². The SMILES string of the molecule is CC(=O)OC1C(C(O[SiH](c2ccccc2)c2ccccc2)C(C)(C)C)OC(n2cc3c4c(ncnc42)NC(=O)C=C3N)C1(C)O. The summed E-state index contributed by atoms with van der Waals surface area (Å²) >= 11 is 0. The fourth-order valence-electron chi connectivity index (χ4n) is 6.25. The van der Waals surface area contributed by atoms with Crippen molar-refractivity contribution in [1.29, 1.82) is 0 Å². The first-order valence-corrected chi connectivity index (χ1v) is 16.4. The summed E-state index contributed by atoms with van der Waals surface area (Å²) in [6.45, 7) is 9.00. The minimum Gasteiger partial charge on any atom is -0.456 e. The number of hydrogen-bond acceptors (Lipinski definition) is 9. The topological polar surface area (TPSA) is 151 Å². The Morgan fingerprint density at radius 2 is 1.73 bits per heavy atom. The summed E-state index contributed by atoms with van der Waals surface area (Å²) in [6.07, 6.45) is 0.606. The predicted molar refractivity (Wildman–Crippen MR) is 172 cm³/mol. The summed E-state index contributed by atoms with van der Waals surface area (Å²) in [4.78, 5) is 33.6. The Morgan fingerprint density at radius 1 is 1.11 bits per heavy atom. The number of nitrogens with two attached hydrogens (primary N) is 1.